The molecule has 0 aliphatic carbocycles. The number of carbonyl (C=O) groups excluding carboxylic acids is 1. The number of hydrogen-bond acceptors (Lipinski definition) is 2. The van der Waals surface area contributed by atoms with Crippen LogP contribution in [0.25, 0.3) is 0 Å². The summed E-state index contributed by atoms with van der Waals surface area (Å²) >= 11 is 0. The van der Waals surface area contributed by atoms with Crippen molar-refractivity contribution in [1.29, 1.82) is 0 Å². The molecule has 0 heterocycles. The topological polar surface area (TPSA) is 66.4 Å². The van der Waals surface area contributed by atoms with E-state index >= 15 is 0 Å². The average Bonchev–Trinajstić information content (AvgIpc) is 2.33. The van der Waals surface area contributed by atoms with Gasteiger partial charge in [0.05, 0.1) is 5.92 Å². The lowest BCUT2D eigenvalue weighted by Crippen LogP contribution is -2.35. The summed E-state index contributed by atoms with van der Waals surface area (Å²) in [4.78, 5) is 23.2. The molecule has 0 saturated heterocycles. The summed E-state index contributed by atoms with van der Waals surface area (Å²) in [5.41, 5.74) is 1.55. The average molecular weight is 277 g/mol. The smallest absolute Gasteiger partial charge is 0.308 e. The second-order valence-electron chi connectivity index (χ2n) is 6.38. The first-order valence-corrected chi connectivity index (χ1v) is 6.77. The van der Waals surface area contributed by atoms with E-state index in [9.17, 15) is 14.7 Å². The van der Waals surface area contributed by atoms with Gasteiger partial charge in [-0.2, -0.15) is 0 Å². The molecule has 0 saturated carbocycles. The van der Waals surface area contributed by atoms with E-state index in [4.69, 9.17) is 0 Å². The maximum Gasteiger partial charge on any atom is 0.308 e. The van der Waals surface area contributed by atoms with Crippen molar-refractivity contribution in [2.45, 2.75) is 34.1 Å². The third-order valence-electron chi connectivity index (χ3n) is 3.03. The fourth-order valence-electron chi connectivity index (χ4n) is 2.01. The van der Waals surface area contributed by atoms with Gasteiger partial charge < -0.3 is 10.4 Å². The van der Waals surface area contributed by atoms with E-state index < -0.39 is 11.9 Å². The predicted octanol–water partition coefficient (Wildman–Crippen LogP) is 2.86. The monoisotopic (exact) mass is 277 g/mol. The molecule has 1 unspecified atom stereocenters. The molecule has 1 amide bonds. The summed E-state index contributed by atoms with van der Waals surface area (Å²) in [7, 11) is 0. The molecule has 1 atom stereocenters. The number of carboxylic acid groups (broad SMARTS) is 1. The molecule has 4 heteroatoms. The van der Waals surface area contributed by atoms with Crippen LogP contribution in [0.1, 0.15) is 43.1 Å². The zero-order valence-electron chi connectivity index (χ0n) is 12.6. The van der Waals surface area contributed by atoms with Gasteiger partial charge in [-0.15, -0.1) is 0 Å². The molecule has 0 aromatic heterocycles. The molecule has 0 fully saturated rings. The van der Waals surface area contributed by atoms with Gasteiger partial charge >= 0.3 is 5.97 Å². The van der Waals surface area contributed by atoms with Crippen molar-refractivity contribution in [1.82, 2.24) is 5.32 Å². The SMILES string of the molecule is Cc1ccc(C(=O)NCC(CC(C)(C)C)C(=O)O)cc1. The van der Waals surface area contributed by atoms with Crippen LogP contribution >= 0.6 is 0 Å². The lowest BCUT2D eigenvalue weighted by atomic mass is 9.84. The largest absolute Gasteiger partial charge is 0.481 e. The fourth-order valence-corrected chi connectivity index (χ4v) is 2.01. The van der Waals surface area contributed by atoms with Crippen molar-refractivity contribution in [3.05, 3.63) is 35.4 Å². The molecule has 0 aliphatic rings. The van der Waals surface area contributed by atoms with Gasteiger partial charge in [-0.25, -0.2) is 0 Å². The Bertz CT molecular complexity index is 471. The fraction of sp³-hybridized carbons (Fsp3) is 0.500. The number of rotatable bonds is 5. The number of benzene rings is 1. The number of aliphatic carboxylic acids is 1. The van der Waals surface area contributed by atoms with Crippen LogP contribution in [-0.4, -0.2) is 23.5 Å². The van der Waals surface area contributed by atoms with Crippen LogP contribution in [0.15, 0.2) is 24.3 Å². The Hall–Kier alpha value is -1.84. The Balaban J connectivity index is 2.61. The van der Waals surface area contributed by atoms with Crippen LogP contribution in [0.3, 0.4) is 0 Å². The first-order valence-electron chi connectivity index (χ1n) is 6.77. The van der Waals surface area contributed by atoms with Gasteiger partial charge in [0.2, 0.25) is 0 Å². The van der Waals surface area contributed by atoms with Gasteiger partial charge in [0.1, 0.15) is 0 Å². The molecule has 0 bridgehead atoms. The summed E-state index contributed by atoms with van der Waals surface area (Å²) in [5, 5.41) is 11.9. The van der Waals surface area contributed by atoms with Crippen molar-refractivity contribution in [3.8, 4) is 0 Å². The third kappa shape index (κ3) is 5.43. The van der Waals surface area contributed by atoms with Gasteiger partial charge in [0.15, 0.2) is 0 Å². The number of nitrogens with one attached hydrogen (secondary N) is 1. The first-order chi connectivity index (χ1) is 9.19. The molecule has 0 spiro atoms. The van der Waals surface area contributed by atoms with Gasteiger partial charge in [0.25, 0.3) is 5.91 Å². The van der Waals surface area contributed by atoms with Crippen molar-refractivity contribution in [3.63, 3.8) is 0 Å². The normalized spacial score (nSPS) is 12.8. The maximum absolute atomic E-state index is 11.9. The first kappa shape index (κ1) is 16.2. The number of aryl methyl sites for hydroxylation is 1. The Morgan fingerprint density at radius 2 is 1.75 bits per heavy atom. The van der Waals surface area contributed by atoms with E-state index in [2.05, 4.69) is 5.32 Å². The zero-order chi connectivity index (χ0) is 15.3. The molecular formula is C16H23NO3. The second-order valence-corrected chi connectivity index (χ2v) is 6.38. The number of hydrogen-bond donors (Lipinski definition) is 2. The highest BCUT2D eigenvalue weighted by Gasteiger charge is 2.25. The highest BCUT2D eigenvalue weighted by Crippen LogP contribution is 2.24. The molecule has 20 heavy (non-hydrogen) atoms. The zero-order valence-corrected chi connectivity index (χ0v) is 12.6. The van der Waals surface area contributed by atoms with Gasteiger partial charge in [-0.05, 0) is 30.9 Å². The van der Waals surface area contributed by atoms with E-state index in [-0.39, 0.29) is 17.9 Å². The highest BCUT2D eigenvalue weighted by molar-refractivity contribution is 5.94. The molecule has 1 aromatic carbocycles. The molecule has 110 valence electrons. The standard InChI is InChI=1S/C16H23NO3/c1-11-5-7-12(8-6-11)14(18)17-10-13(15(19)20)9-16(2,3)4/h5-8,13H,9-10H2,1-4H3,(H,17,18)(H,19,20). The predicted molar refractivity (Wildman–Crippen MR) is 78.7 cm³/mol. The molecule has 0 aliphatic heterocycles. The van der Waals surface area contributed by atoms with Crippen LogP contribution < -0.4 is 5.32 Å². The van der Waals surface area contributed by atoms with Crippen LogP contribution in [0.2, 0.25) is 0 Å². The van der Waals surface area contributed by atoms with E-state index in [1.54, 1.807) is 12.1 Å². The van der Waals surface area contributed by atoms with E-state index in [0.29, 0.717) is 12.0 Å². The molecule has 1 rings (SSSR count). The summed E-state index contributed by atoms with van der Waals surface area (Å²) < 4.78 is 0. The van der Waals surface area contributed by atoms with Crippen LogP contribution in [0, 0.1) is 18.3 Å². The minimum Gasteiger partial charge on any atom is -0.481 e. The Labute approximate surface area is 120 Å². The van der Waals surface area contributed by atoms with Crippen molar-refractivity contribution in [2.24, 2.45) is 11.3 Å². The van der Waals surface area contributed by atoms with Crippen LogP contribution in [0.4, 0.5) is 0 Å². The summed E-state index contributed by atoms with van der Waals surface area (Å²) in [6.45, 7) is 8.07. The van der Waals surface area contributed by atoms with Crippen molar-refractivity contribution in [2.75, 3.05) is 6.54 Å². The van der Waals surface area contributed by atoms with E-state index in [1.165, 1.54) is 0 Å². The molecule has 4 nitrogen and oxygen atoms in total. The Kier molecular flexibility index (Phi) is 5.31. The minimum atomic E-state index is -0.871. The second kappa shape index (κ2) is 6.55. The molecular weight excluding hydrogens is 254 g/mol. The number of amides is 1. The van der Waals surface area contributed by atoms with Crippen LogP contribution in [0.5, 0.6) is 0 Å². The minimum absolute atomic E-state index is 0.0857. The van der Waals surface area contributed by atoms with Gasteiger partial charge in [-0.3, -0.25) is 9.59 Å². The maximum atomic E-state index is 11.9. The van der Waals surface area contributed by atoms with Crippen molar-refractivity contribution < 1.29 is 14.7 Å². The highest BCUT2D eigenvalue weighted by atomic mass is 16.4. The lowest BCUT2D eigenvalue weighted by Gasteiger charge is -2.23. The van der Waals surface area contributed by atoms with Gasteiger partial charge in [0, 0.05) is 12.1 Å². The molecule has 0 radical (unpaired) electrons. The van der Waals surface area contributed by atoms with Gasteiger partial charge in [-0.1, -0.05) is 38.5 Å². The summed E-state index contributed by atoms with van der Waals surface area (Å²) in [5.74, 6) is -1.67. The number of carboxylic acids is 1. The van der Waals surface area contributed by atoms with E-state index in [1.807, 2.05) is 39.8 Å². The third-order valence-corrected chi connectivity index (χ3v) is 3.03. The van der Waals surface area contributed by atoms with E-state index in [0.717, 1.165) is 5.56 Å². The van der Waals surface area contributed by atoms with Crippen LogP contribution in [-0.2, 0) is 4.79 Å². The molecule has 1 aromatic rings. The lowest BCUT2D eigenvalue weighted by molar-refractivity contribution is -0.142. The number of carbonyl (C=O) groups is 2. The van der Waals surface area contributed by atoms with Crippen molar-refractivity contribution >= 4 is 11.9 Å². The summed E-state index contributed by atoms with van der Waals surface area (Å²) in [6.07, 6.45) is 0.524. The Morgan fingerprint density at radius 3 is 2.20 bits per heavy atom. The Morgan fingerprint density at radius 1 is 1.20 bits per heavy atom. The quantitative estimate of drug-likeness (QED) is 0.869. The summed E-state index contributed by atoms with van der Waals surface area (Å²) in [6, 6.07) is 7.20. The molecule has 2 N–H and O–H groups in total.